The zero-order valence-electron chi connectivity index (χ0n) is 13.3. The second-order valence-electron chi connectivity index (χ2n) is 6.13. The SMILES string of the molecule is O=C(NCC1CCN(Cc2cccs2)CC1)c1ccc(Cl)cc1I. The van der Waals surface area contributed by atoms with Gasteiger partial charge in [-0.05, 0) is 84.1 Å². The largest absolute Gasteiger partial charge is 0.352 e. The molecule has 1 saturated heterocycles. The molecule has 1 amide bonds. The Labute approximate surface area is 165 Å². The van der Waals surface area contributed by atoms with E-state index in [9.17, 15) is 4.79 Å². The molecule has 3 rings (SSSR count). The molecule has 0 radical (unpaired) electrons. The van der Waals surface area contributed by atoms with Crippen molar-refractivity contribution >= 4 is 51.4 Å². The Morgan fingerprint density at radius 1 is 1.33 bits per heavy atom. The predicted molar refractivity (Wildman–Crippen MR) is 109 cm³/mol. The van der Waals surface area contributed by atoms with Crippen LogP contribution in [0.3, 0.4) is 0 Å². The number of benzene rings is 1. The number of halogens is 2. The molecule has 1 aromatic heterocycles. The van der Waals surface area contributed by atoms with Crippen molar-refractivity contribution in [1.82, 2.24) is 10.2 Å². The van der Waals surface area contributed by atoms with Crippen molar-refractivity contribution in [3.05, 3.63) is 54.7 Å². The van der Waals surface area contributed by atoms with Crippen LogP contribution in [-0.2, 0) is 6.54 Å². The number of rotatable bonds is 5. The van der Waals surface area contributed by atoms with E-state index in [0.29, 0.717) is 16.5 Å². The lowest BCUT2D eigenvalue weighted by molar-refractivity contribution is 0.0934. The number of nitrogens with one attached hydrogen (secondary N) is 1. The number of nitrogens with zero attached hydrogens (tertiary/aromatic N) is 1. The van der Waals surface area contributed by atoms with Crippen molar-refractivity contribution in [1.29, 1.82) is 0 Å². The minimum atomic E-state index is -0.00270. The van der Waals surface area contributed by atoms with E-state index < -0.39 is 0 Å². The highest BCUT2D eigenvalue weighted by Gasteiger charge is 2.20. The van der Waals surface area contributed by atoms with Crippen molar-refractivity contribution < 1.29 is 4.79 Å². The van der Waals surface area contributed by atoms with E-state index >= 15 is 0 Å². The van der Waals surface area contributed by atoms with Crippen LogP contribution in [-0.4, -0.2) is 30.4 Å². The Balaban J connectivity index is 1.44. The van der Waals surface area contributed by atoms with E-state index in [1.54, 1.807) is 12.1 Å². The first kappa shape index (κ1) is 18.2. The summed E-state index contributed by atoms with van der Waals surface area (Å²) in [6.07, 6.45) is 2.28. The van der Waals surface area contributed by atoms with Crippen molar-refractivity contribution in [2.45, 2.75) is 19.4 Å². The summed E-state index contributed by atoms with van der Waals surface area (Å²) < 4.78 is 0.892. The van der Waals surface area contributed by atoms with Gasteiger partial charge in [0.2, 0.25) is 0 Å². The van der Waals surface area contributed by atoms with Crippen LogP contribution in [0.15, 0.2) is 35.7 Å². The maximum atomic E-state index is 12.3. The quantitative estimate of drug-likeness (QED) is 0.640. The molecular formula is C18H20ClIN2OS. The first-order chi connectivity index (χ1) is 11.6. The van der Waals surface area contributed by atoms with E-state index in [0.717, 1.165) is 42.6 Å². The number of carbonyl (C=O) groups is 1. The van der Waals surface area contributed by atoms with Gasteiger partial charge in [-0.2, -0.15) is 0 Å². The predicted octanol–water partition coefficient (Wildman–Crippen LogP) is 4.65. The van der Waals surface area contributed by atoms with Crippen LogP contribution < -0.4 is 5.32 Å². The van der Waals surface area contributed by atoms with Crippen LogP contribution in [0.1, 0.15) is 28.1 Å². The van der Waals surface area contributed by atoms with Crippen molar-refractivity contribution in [2.24, 2.45) is 5.92 Å². The highest BCUT2D eigenvalue weighted by atomic mass is 127. The number of thiophene rings is 1. The lowest BCUT2D eigenvalue weighted by Crippen LogP contribution is -2.38. The standard InChI is InChI=1S/C18H20ClIN2OS/c19-14-3-4-16(17(20)10-14)18(23)21-11-13-5-7-22(8-6-13)12-15-2-1-9-24-15/h1-4,9-10,13H,5-8,11-12H2,(H,21,23). The summed E-state index contributed by atoms with van der Waals surface area (Å²) in [5.41, 5.74) is 0.704. The molecule has 3 nitrogen and oxygen atoms in total. The molecule has 0 aliphatic carbocycles. The zero-order valence-corrected chi connectivity index (χ0v) is 17.0. The fourth-order valence-corrected chi connectivity index (χ4v) is 4.84. The van der Waals surface area contributed by atoms with Gasteiger partial charge in [0.25, 0.3) is 5.91 Å². The molecule has 1 aromatic carbocycles. The van der Waals surface area contributed by atoms with Crippen LogP contribution in [0.5, 0.6) is 0 Å². The fourth-order valence-electron chi connectivity index (χ4n) is 2.98. The highest BCUT2D eigenvalue weighted by Crippen LogP contribution is 2.21. The number of amides is 1. The molecule has 0 unspecified atom stereocenters. The molecule has 6 heteroatoms. The van der Waals surface area contributed by atoms with Gasteiger partial charge in [0.1, 0.15) is 0 Å². The van der Waals surface area contributed by atoms with Gasteiger partial charge in [-0.25, -0.2) is 0 Å². The van der Waals surface area contributed by atoms with E-state index in [2.05, 4.69) is 50.3 Å². The Bertz CT molecular complexity index is 684. The third kappa shape index (κ3) is 4.94. The summed E-state index contributed by atoms with van der Waals surface area (Å²) in [6.45, 7) is 4.03. The first-order valence-electron chi connectivity index (χ1n) is 8.10. The molecule has 1 fully saturated rings. The van der Waals surface area contributed by atoms with Crippen molar-refractivity contribution in [3.63, 3.8) is 0 Å². The second-order valence-corrected chi connectivity index (χ2v) is 8.76. The van der Waals surface area contributed by atoms with Gasteiger partial charge in [0, 0.05) is 26.6 Å². The topological polar surface area (TPSA) is 32.3 Å². The highest BCUT2D eigenvalue weighted by molar-refractivity contribution is 14.1. The molecule has 2 aromatic rings. The Morgan fingerprint density at radius 2 is 2.12 bits per heavy atom. The number of hydrogen-bond acceptors (Lipinski definition) is 3. The van der Waals surface area contributed by atoms with Crippen LogP contribution in [0.4, 0.5) is 0 Å². The average Bonchev–Trinajstić information content (AvgIpc) is 3.07. The van der Waals surface area contributed by atoms with E-state index in [1.807, 2.05) is 17.4 Å². The average molecular weight is 475 g/mol. The van der Waals surface area contributed by atoms with Crippen LogP contribution >= 0.6 is 45.5 Å². The minimum absolute atomic E-state index is 0.00270. The maximum Gasteiger partial charge on any atom is 0.252 e. The summed E-state index contributed by atoms with van der Waals surface area (Å²) in [7, 11) is 0. The van der Waals surface area contributed by atoms with Gasteiger partial charge in [0.05, 0.1) is 5.56 Å². The molecule has 1 aliphatic heterocycles. The molecule has 2 heterocycles. The van der Waals surface area contributed by atoms with Crippen molar-refractivity contribution in [3.8, 4) is 0 Å². The molecule has 0 bridgehead atoms. The number of piperidine rings is 1. The summed E-state index contributed by atoms with van der Waals surface area (Å²) in [6, 6.07) is 9.69. The third-order valence-corrected chi connectivity index (χ3v) is 6.38. The molecule has 128 valence electrons. The lowest BCUT2D eigenvalue weighted by atomic mass is 9.96. The Kier molecular flexibility index (Phi) is 6.55. The molecule has 1 aliphatic rings. The molecule has 0 spiro atoms. The van der Waals surface area contributed by atoms with Gasteiger partial charge >= 0.3 is 0 Å². The molecular weight excluding hydrogens is 455 g/mol. The fraction of sp³-hybridized carbons (Fsp3) is 0.389. The first-order valence-corrected chi connectivity index (χ1v) is 10.4. The van der Waals surface area contributed by atoms with Crippen LogP contribution in [0, 0.1) is 9.49 Å². The monoisotopic (exact) mass is 474 g/mol. The molecule has 24 heavy (non-hydrogen) atoms. The van der Waals surface area contributed by atoms with E-state index in [4.69, 9.17) is 11.6 Å². The van der Waals surface area contributed by atoms with Crippen molar-refractivity contribution in [2.75, 3.05) is 19.6 Å². The Morgan fingerprint density at radius 3 is 2.79 bits per heavy atom. The summed E-state index contributed by atoms with van der Waals surface area (Å²) in [4.78, 5) is 16.3. The smallest absolute Gasteiger partial charge is 0.252 e. The van der Waals surface area contributed by atoms with Gasteiger partial charge in [-0.15, -0.1) is 11.3 Å². The summed E-state index contributed by atoms with van der Waals surface area (Å²) in [5.74, 6) is 0.565. The zero-order chi connectivity index (χ0) is 16.9. The minimum Gasteiger partial charge on any atom is -0.352 e. The van der Waals surface area contributed by atoms with Gasteiger partial charge < -0.3 is 5.32 Å². The number of carbonyl (C=O) groups excluding carboxylic acids is 1. The van der Waals surface area contributed by atoms with Gasteiger partial charge in [-0.3, -0.25) is 9.69 Å². The van der Waals surface area contributed by atoms with E-state index in [1.165, 1.54) is 4.88 Å². The van der Waals surface area contributed by atoms with E-state index in [-0.39, 0.29) is 5.91 Å². The Hall–Kier alpha value is -0.630. The normalized spacial score (nSPS) is 16.2. The number of likely N-dealkylation sites (tertiary alicyclic amines) is 1. The number of hydrogen-bond donors (Lipinski definition) is 1. The summed E-state index contributed by atoms with van der Waals surface area (Å²) >= 11 is 9.92. The molecule has 1 N–H and O–H groups in total. The van der Waals surface area contributed by atoms with Gasteiger partial charge in [0.15, 0.2) is 0 Å². The molecule has 0 saturated carbocycles. The maximum absolute atomic E-state index is 12.3. The lowest BCUT2D eigenvalue weighted by Gasteiger charge is -2.31. The van der Waals surface area contributed by atoms with Gasteiger partial charge in [-0.1, -0.05) is 17.7 Å². The molecule has 0 atom stereocenters. The summed E-state index contributed by atoms with van der Waals surface area (Å²) in [5, 5.41) is 5.88. The third-order valence-electron chi connectivity index (χ3n) is 4.39. The second kappa shape index (κ2) is 8.65. The van der Waals surface area contributed by atoms with Crippen LogP contribution in [0.2, 0.25) is 5.02 Å². The van der Waals surface area contributed by atoms with Crippen LogP contribution in [0.25, 0.3) is 0 Å².